The number of phenols is 1. The van der Waals surface area contributed by atoms with E-state index >= 15 is 0 Å². The number of nitrogens with zero attached hydrogens (tertiary/aromatic N) is 1. The van der Waals surface area contributed by atoms with Crippen molar-refractivity contribution in [3.05, 3.63) is 64.4 Å². The second kappa shape index (κ2) is 6.76. The van der Waals surface area contributed by atoms with Gasteiger partial charge in [-0.05, 0) is 54.2 Å². The van der Waals surface area contributed by atoms with Crippen LogP contribution in [0.15, 0.2) is 63.1 Å². The molecule has 116 valence electrons. The largest absolute Gasteiger partial charge is 0.506 e. The number of carbonyl (C=O) groups excluding carboxylic acids is 1. The molecule has 1 saturated heterocycles. The average Bonchev–Trinajstić information content (AvgIpc) is 3.14. The van der Waals surface area contributed by atoms with E-state index in [1.54, 1.807) is 36.6 Å². The highest BCUT2D eigenvalue weighted by Gasteiger charge is 2.23. The lowest BCUT2D eigenvalue weighted by Crippen LogP contribution is -2.19. The number of phenolic OH excluding ortho intramolecular Hbond substituents is 1. The number of aliphatic imine (C=N–C) groups is 1. The molecule has 0 unspecified atom stereocenters. The van der Waals surface area contributed by atoms with Crippen LogP contribution in [0, 0.1) is 0 Å². The first-order chi connectivity index (χ1) is 11.1. The Morgan fingerprint density at radius 3 is 3.00 bits per heavy atom. The van der Waals surface area contributed by atoms with Gasteiger partial charge < -0.3 is 14.8 Å². The maximum absolute atomic E-state index is 11.9. The molecule has 0 aliphatic carbocycles. The maximum atomic E-state index is 11.9. The van der Waals surface area contributed by atoms with Gasteiger partial charge in [-0.25, -0.2) is 4.99 Å². The van der Waals surface area contributed by atoms with Crippen LogP contribution in [0.4, 0.5) is 5.69 Å². The molecule has 0 spiro atoms. The maximum Gasteiger partial charge on any atom is 0.264 e. The van der Waals surface area contributed by atoms with Gasteiger partial charge in [-0.1, -0.05) is 17.7 Å². The minimum atomic E-state index is -0.251. The highest BCUT2D eigenvalue weighted by Crippen LogP contribution is 2.32. The van der Waals surface area contributed by atoms with Gasteiger partial charge in [-0.3, -0.25) is 4.79 Å². The van der Waals surface area contributed by atoms with E-state index in [2.05, 4.69) is 10.3 Å². The van der Waals surface area contributed by atoms with Crippen LogP contribution in [0.5, 0.6) is 5.75 Å². The van der Waals surface area contributed by atoms with E-state index in [0.717, 1.165) is 0 Å². The molecule has 2 heterocycles. The summed E-state index contributed by atoms with van der Waals surface area (Å²) in [5.74, 6) is 0.439. The molecule has 1 fully saturated rings. The van der Waals surface area contributed by atoms with Gasteiger partial charge in [0.1, 0.15) is 17.2 Å². The monoisotopic (exact) mass is 346 g/mol. The van der Waals surface area contributed by atoms with E-state index in [9.17, 15) is 9.90 Å². The molecule has 1 aliphatic rings. The van der Waals surface area contributed by atoms with Crippen molar-refractivity contribution in [2.45, 2.75) is 0 Å². The number of amidine groups is 1. The average molecular weight is 347 g/mol. The van der Waals surface area contributed by atoms with Crippen molar-refractivity contribution in [1.82, 2.24) is 5.32 Å². The van der Waals surface area contributed by atoms with Crippen LogP contribution in [-0.4, -0.2) is 16.2 Å². The minimum Gasteiger partial charge on any atom is -0.506 e. The van der Waals surface area contributed by atoms with Crippen molar-refractivity contribution in [3.63, 3.8) is 0 Å². The molecule has 1 aliphatic heterocycles. The van der Waals surface area contributed by atoms with Crippen LogP contribution in [0.1, 0.15) is 5.76 Å². The molecule has 2 N–H and O–H groups in total. The number of thioether (sulfide) groups is 1. The summed E-state index contributed by atoms with van der Waals surface area (Å²) in [6.07, 6.45) is 6.72. The Morgan fingerprint density at radius 2 is 2.22 bits per heavy atom. The fourth-order valence-corrected chi connectivity index (χ4v) is 2.76. The molecule has 2 aromatic rings. The Bertz CT molecular complexity index is 826. The van der Waals surface area contributed by atoms with E-state index in [0.29, 0.717) is 26.5 Å². The lowest BCUT2D eigenvalue weighted by molar-refractivity contribution is -0.115. The highest BCUT2D eigenvalue weighted by molar-refractivity contribution is 8.18. The summed E-state index contributed by atoms with van der Waals surface area (Å²) in [5.41, 5.74) is 0.299. The smallest absolute Gasteiger partial charge is 0.264 e. The lowest BCUT2D eigenvalue weighted by Gasteiger charge is -2.00. The molecule has 7 heteroatoms. The normalized spacial score (nSPS) is 18.2. The zero-order chi connectivity index (χ0) is 16.2. The molecular formula is C16H11ClN2O3S. The first-order valence-corrected chi connectivity index (χ1v) is 7.79. The number of benzene rings is 1. The molecule has 0 radical (unpaired) electrons. The quantitative estimate of drug-likeness (QED) is 0.821. The second-order valence-electron chi connectivity index (χ2n) is 4.51. The van der Waals surface area contributed by atoms with E-state index in [-0.39, 0.29) is 11.7 Å². The number of hydrogen-bond donors (Lipinski definition) is 2. The van der Waals surface area contributed by atoms with E-state index in [4.69, 9.17) is 16.0 Å². The molecule has 0 saturated carbocycles. The number of rotatable bonds is 3. The van der Waals surface area contributed by atoms with Crippen LogP contribution in [-0.2, 0) is 4.79 Å². The van der Waals surface area contributed by atoms with Crippen molar-refractivity contribution in [3.8, 4) is 5.75 Å². The van der Waals surface area contributed by atoms with Gasteiger partial charge in [0.05, 0.1) is 11.2 Å². The number of hydrogen-bond acceptors (Lipinski definition) is 5. The summed E-state index contributed by atoms with van der Waals surface area (Å²) in [5, 5.41) is 13.2. The summed E-state index contributed by atoms with van der Waals surface area (Å²) in [6, 6.07) is 8.13. The van der Waals surface area contributed by atoms with Crippen molar-refractivity contribution in [2.75, 3.05) is 0 Å². The first-order valence-electron chi connectivity index (χ1n) is 6.60. The molecular weight excluding hydrogens is 336 g/mol. The minimum absolute atomic E-state index is 0.00751. The SMILES string of the molecule is O=C1NC(=Nc2cc(Cl)ccc2O)SC1=CC=Cc1ccco1. The van der Waals surface area contributed by atoms with Gasteiger partial charge in [0, 0.05) is 5.02 Å². The number of amides is 1. The number of nitrogens with one attached hydrogen (secondary N) is 1. The van der Waals surface area contributed by atoms with Gasteiger partial charge in [0.15, 0.2) is 5.17 Å². The van der Waals surface area contributed by atoms with Gasteiger partial charge >= 0.3 is 0 Å². The third kappa shape index (κ3) is 3.85. The topological polar surface area (TPSA) is 74.8 Å². The Hall–Kier alpha value is -2.44. The Morgan fingerprint density at radius 1 is 1.35 bits per heavy atom. The molecule has 1 aromatic heterocycles. The van der Waals surface area contributed by atoms with Crippen molar-refractivity contribution in [2.24, 2.45) is 4.99 Å². The van der Waals surface area contributed by atoms with Crippen LogP contribution < -0.4 is 5.32 Å². The van der Waals surface area contributed by atoms with E-state index in [1.807, 2.05) is 6.07 Å². The third-order valence-electron chi connectivity index (χ3n) is 2.86. The number of aromatic hydroxyl groups is 1. The van der Waals surface area contributed by atoms with Crippen molar-refractivity contribution < 1.29 is 14.3 Å². The summed E-state index contributed by atoms with van der Waals surface area (Å²) in [7, 11) is 0. The number of allylic oxidation sites excluding steroid dienone is 2. The fraction of sp³-hybridized carbons (Fsp3) is 0. The summed E-state index contributed by atoms with van der Waals surface area (Å²) in [4.78, 5) is 16.6. The predicted octanol–water partition coefficient (Wildman–Crippen LogP) is 4.09. The Balaban J connectivity index is 1.76. The Kier molecular flexibility index (Phi) is 4.55. The van der Waals surface area contributed by atoms with Gasteiger partial charge in [0.2, 0.25) is 0 Å². The predicted molar refractivity (Wildman–Crippen MR) is 91.8 cm³/mol. The zero-order valence-electron chi connectivity index (χ0n) is 11.7. The molecule has 1 aromatic carbocycles. The molecule has 1 amide bonds. The number of carbonyl (C=O) groups is 1. The molecule has 0 bridgehead atoms. The highest BCUT2D eigenvalue weighted by atomic mass is 35.5. The Labute approximate surface area is 141 Å². The number of halogens is 1. The van der Waals surface area contributed by atoms with Crippen molar-refractivity contribution in [1.29, 1.82) is 0 Å². The molecule has 3 rings (SSSR count). The standard InChI is InChI=1S/C16H11ClN2O3S/c17-10-6-7-13(20)12(9-10)18-16-19-15(21)14(23-16)5-1-3-11-4-2-8-22-11/h1-9,20H,(H,18,19,21). The van der Waals surface area contributed by atoms with Gasteiger partial charge in [-0.15, -0.1) is 0 Å². The van der Waals surface area contributed by atoms with Crippen LogP contribution in [0.3, 0.4) is 0 Å². The van der Waals surface area contributed by atoms with Crippen LogP contribution in [0.2, 0.25) is 5.02 Å². The molecule has 5 nitrogen and oxygen atoms in total. The molecule has 0 atom stereocenters. The summed E-state index contributed by atoms with van der Waals surface area (Å²) in [6.45, 7) is 0. The lowest BCUT2D eigenvalue weighted by atomic mass is 10.3. The molecule has 23 heavy (non-hydrogen) atoms. The van der Waals surface area contributed by atoms with E-state index in [1.165, 1.54) is 23.9 Å². The third-order valence-corrected chi connectivity index (χ3v) is 4.02. The number of furan rings is 1. The first kappa shape index (κ1) is 15.5. The fourth-order valence-electron chi connectivity index (χ4n) is 1.81. The zero-order valence-corrected chi connectivity index (χ0v) is 13.3. The summed E-state index contributed by atoms with van der Waals surface area (Å²) < 4.78 is 5.16. The van der Waals surface area contributed by atoms with Crippen LogP contribution >= 0.6 is 23.4 Å². The van der Waals surface area contributed by atoms with Crippen LogP contribution in [0.25, 0.3) is 6.08 Å². The van der Waals surface area contributed by atoms with Gasteiger partial charge in [-0.2, -0.15) is 0 Å². The van der Waals surface area contributed by atoms with Crippen molar-refractivity contribution >= 4 is 46.2 Å². The summed E-state index contributed by atoms with van der Waals surface area (Å²) >= 11 is 7.05. The van der Waals surface area contributed by atoms with Gasteiger partial charge in [0.25, 0.3) is 5.91 Å². The van der Waals surface area contributed by atoms with E-state index < -0.39 is 0 Å². The second-order valence-corrected chi connectivity index (χ2v) is 5.98.